The highest BCUT2D eigenvalue weighted by Gasteiger charge is 2.11. The summed E-state index contributed by atoms with van der Waals surface area (Å²) in [5, 5.41) is 26.2. The number of anilines is 2. The molecule has 0 aliphatic heterocycles. The van der Waals surface area contributed by atoms with Gasteiger partial charge in [-0.25, -0.2) is 4.98 Å². The van der Waals surface area contributed by atoms with E-state index >= 15 is 0 Å². The number of ether oxygens (including phenoxy) is 1. The van der Waals surface area contributed by atoms with Gasteiger partial charge in [-0.3, -0.25) is 10.1 Å². The molecule has 1 heterocycles. The smallest absolute Gasteiger partial charge is 0.276 e. The van der Waals surface area contributed by atoms with Gasteiger partial charge in [0.25, 0.3) is 5.69 Å². The summed E-state index contributed by atoms with van der Waals surface area (Å²) in [6, 6.07) is 2.75. The normalized spacial score (nSPS) is 11.9. The molecule has 0 aromatic carbocycles. The summed E-state index contributed by atoms with van der Waals surface area (Å²) in [5.41, 5.74) is -0.0316. The van der Waals surface area contributed by atoms with E-state index in [1.54, 1.807) is 0 Å². The highest BCUT2D eigenvalue weighted by Crippen LogP contribution is 2.20. The van der Waals surface area contributed by atoms with Gasteiger partial charge < -0.3 is 20.5 Å². The van der Waals surface area contributed by atoms with Crippen LogP contribution in [0.5, 0.6) is 0 Å². The first-order chi connectivity index (χ1) is 9.56. The van der Waals surface area contributed by atoms with Gasteiger partial charge in [0, 0.05) is 20.2 Å². The zero-order chi connectivity index (χ0) is 15.0. The van der Waals surface area contributed by atoms with E-state index in [-0.39, 0.29) is 12.3 Å². The minimum atomic E-state index is -0.570. The summed E-state index contributed by atoms with van der Waals surface area (Å²) < 4.78 is 4.82. The lowest BCUT2D eigenvalue weighted by Gasteiger charge is -2.11. The van der Waals surface area contributed by atoms with Crippen LogP contribution >= 0.6 is 0 Å². The molecule has 1 aromatic rings. The second kappa shape index (κ2) is 8.28. The van der Waals surface area contributed by atoms with Crippen LogP contribution in [0.1, 0.15) is 13.3 Å². The maximum Gasteiger partial charge on any atom is 0.276 e. The lowest BCUT2D eigenvalue weighted by atomic mass is 10.2. The third-order valence-corrected chi connectivity index (χ3v) is 2.52. The van der Waals surface area contributed by atoms with Gasteiger partial charge in [-0.15, -0.1) is 0 Å². The van der Waals surface area contributed by atoms with Gasteiger partial charge in [0.05, 0.1) is 29.8 Å². The molecule has 0 spiro atoms. The molecule has 8 nitrogen and oxygen atoms in total. The first-order valence-corrected chi connectivity index (χ1v) is 6.38. The van der Waals surface area contributed by atoms with Crippen LogP contribution in [-0.2, 0) is 4.74 Å². The number of hydrogen-bond acceptors (Lipinski definition) is 7. The van der Waals surface area contributed by atoms with Gasteiger partial charge in [0.15, 0.2) is 0 Å². The molecule has 1 unspecified atom stereocenters. The fraction of sp³-hybridized carbons (Fsp3) is 0.583. The van der Waals surface area contributed by atoms with E-state index in [0.29, 0.717) is 31.1 Å². The summed E-state index contributed by atoms with van der Waals surface area (Å²) in [6.07, 6.45) is -0.103. The molecular formula is C12H20N4O4. The van der Waals surface area contributed by atoms with Crippen LogP contribution < -0.4 is 10.6 Å². The summed E-state index contributed by atoms with van der Waals surface area (Å²) in [6.45, 7) is 3.21. The van der Waals surface area contributed by atoms with Crippen LogP contribution in [0, 0.1) is 10.1 Å². The highest BCUT2D eigenvalue weighted by atomic mass is 16.6. The van der Waals surface area contributed by atoms with Crippen molar-refractivity contribution in [2.24, 2.45) is 0 Å². The number of aliphatic hydroxyl groups is 1. The number of pyridine rings is 1. The van der Waals surface area contributed by atoms with Crippen LogP contribution in [0.25, 0.3) is 0 Å². The topological polar surface area (TPSA) is 110 Å². The Morgan fingerprint density at radius 3 is 2.65 bits per heavy atom. The van der Waals surface area contributed by atoms with Crippen LogP contribution in [0.4, 0.5) is 17.3 Å². The van der Waals surface area contributed by atoms with Crippen molar-refractivity contribution < 1.29 is 14.8 Å². The molecular weight excluding hydrogens is 264 g/mol. The molecule has 0 radical (unpaired) electrons. The van der Waals surface area contributed by atoms with Gasteiger partial charge in [-0.1, -0.05) is 0 Å². The second-order valence-corrected chi connectivity index (χ2v) is 4.21. The lowest BCUT2D eigenvalue weighted by Crippen LogP contribution is -2.18. The number of nitro groups is 1. The Morgan fingerprint density at radius 2 is 2.10 bits per heavy atom. The molecule has 8 heteroatoms. The van der Waals surface area contributed by atoms with Crippen molar-refractivity contribution in [3.8, 4) is 0 Å². The van der Waals surface area contributed by atoms with E-state index in [0.717, 1.165) is 0 Å². The number of nitrogens with one attached hydrogen (secondary N) is 2. The van der Waals surface area contributed by atoms with E-state index in [2.05, 4.69) is 15.6 Å². The van der Waals surface area contributed by atoms with E-state index in [4.69, 9.17) is 4.74 Å². The number of rotatable bonds is 9. The van der Waals surface area contributed by atoms with Crippen molar-refractivity contribution in [1.82, 2.24) is 4.98 Å². The average molecular weight is 284 g/mol. The van der Waals surface area contributed by atoms with Crippen molar-refractivity contribution >= 4 is 17.3 Å². The summed E-state index contributed by atoms with van der Waals surface area (Å²) in [4.78, 5) is 14.6. The zero-order valence-corrected chi connectivity index (χ0v) is 11.6. The Kier molecular flexibility index (Phi) is 6.68. The maximum absolute atomic E-state index is 10.8. The summed E-state index contributed by atoms with van der Waals surface area (Å²) in [7, 11) is 1.52. The van der Waals surface area contributed by atoms with E-state index in [1.165, 1.54) is 19.2 Å². The van der Waals surface area contributed by atoms with Crippen LogP contribution in [0.15, 0.2) is 12.1 Å². The molecule has 1 rings (SSSR count). The molecule has 0 aliphatic rings. The predicted molar refractivity (Wildman–Crippen MR) is 76.0 cm³/mol. The number of nitrogens with zero attached hydrogens (tertiary/aromatic N) is 2. The van der Waals surface area contributed by atoms with Gasteiger partial charge in [-0.2, -0.15) is 0 Å². The van der Waals surface area contributed by atoms with Crippen LogP contribution in [0.2, 0.25) is 0 Å². The molecule has 1 atom stereocenters. The monoisotopic (exact) mass is 284 g/mol. The Morgan fingerprint density at radius 1 is 1.45 bits per heavy atom. The van der Waals surface area contributed by atoms with E-state index in [9.17, 15) is 15.2 Å². The van der Waals surface area contributed by atoms with Crippen molar-refractivity contribution in [3.63, 3.8) is 0 Å². The largest absolute Gasteiger partial charge is 0.391 e. The van der Waals surface area contributed by atoms with Gasteiger partial charge in [0.2, 0.25) is 0 Å². The predicted octanol–water partition coefficient (Wildman–Crippen LogP) is 1.23. The number of aliphatic hydroxyl groups excluding tert-OH is 1. The molecule has 0 fully saturated rings. The molecule has 3 N–H and O–H groups in total. The lowest BCUT2D eigenvalue weighted by molar-refractivity contribution is -0.384. The third kappa shape index (κ3) is 5.37. The second-order valence-electron chi connectivity index (χ2n) is 4.21. The standard InChI is InChI=1S/C12H20N4O4/c1-3-13-11-6-9(16(18)19)7-12(15-11)14-5-4-10(17)8-20-2/h6-7,10,17H,3-5,8H2,1-2H3,(H2,13,14,15). The van der Waals surface area contributed by atoms with Gasteiger partial charge in [0.1, 0.15) is 11.6 Å². The zero-order valence-electron chi connectivity index (χ0n) is 11.6. The highest BCUT2D eigenvalue weighted by molar-refractivity contribution is 5.54. The van der Waals surface area contributed by atoms with Crippen molar-refractivity contribution in [1.29, 1.82) is 0 Å². The van der Waals surface area contributed by atoms with Crippen molar-refractivity contribution in [2.75, 3.05) is 37.4 Å². The van der Waals surface area contributed by atoms with Crippen LogP contribution in [-0.4, -0.2) is 47.9 Å². The Hall–Kier alpha value is -1.93. The Bertz CT molecular complexity index is 441. The van der Waals surface area contributed by atoms with Crippen molar-refractivity contribution in [3.05, 3.63) is 22.2 Å². The average Bonchev–Trinajstić information content (AvgIpc) is 2.39. The first-order valence-electron chi connectivity index (χ1n) is 6.38. The van der Waals surface area contributed by atoms with E-state index in [1.807, 2.05) is 6.92 Å². The molecule has 20 heavy (non-hydrogen) atoms. The minimum Gasteiger partial charge on any atom is -0.391 e. The third-order valence-electron chi connectivity index (χ3n) is 2.52. The molecule has 1 aromatic heterocycles. The van der Waals surface area contributed by atoms with Gasteiger partial charge >= 0.3 is 0 Å². The number of hydrogen-bond donors (Lipinski definition) is 3. The van der Waals surface area contributed by atoms with Gasteiger partial charge in [-0.05, 0) is 13.3 Å². The number of aromatic nitrogens is 1. The summed E-state index contributed by atoms with van der Waals surface area (Å²) >= 11 is 0. The van der Waals surface area contributed by atoms with E-state index < -0.39 is 11.0 Å². The molecule has 0 amide bonds. The molecule has 0 saturated heterocycles. The van der Waals surface area contributed by atoms with Crippen LogP contribution in [0.3, 0.4) is 0 Å². The minimum absolute atomic E-state index is 0.0316. The fourth-order valence-corrected chi connectivity index (χ4v) is 1.63. The van der Waals surface area contributed by atoms with Crippen molar-refractivity contribution in [2.45, 2.75) is 19.4 Å². The molecule has 0 saturated carbocycles. The first kappa shape index (κ1) is 16.1. The summed E-state index contributed by atoms with van der Waals surface area (Å²) in [5.74, 6) is 0.849. The number of methoxy groups -OCH3 is 1. The molecule has 0 bridgehead atoms. The molecule has 112 valence electrons. The Labute approximate surface area is 117 Å². The Balaban J connectivity index is 2.66. The fourth-order valence-electron chi connectivity index (χ4n) is 1.63. The molecule has 0 aliphatic carbocycles. The maximum atomic E-state index is 10.8. The quantitative estimate of drug-likeness (QED) is 0.462. The SMILES string of the molecule is CCNc1cc([N+](=O)[O-])cc(NCCC(O)COC)n1.